The topological polar surface area (TPSA) is 29.1 Å². The molecule has 1 aliphatic rings. The van der Waals surface area contributed by atoms with Crippen LogP contribution in [0.1, 0.15) is 24.8 Å². The van der Waals surface area contributed by atoms with Crippen molar-refractivity contribution < 1.29 is 9.18 Å². The maximum Gasteiger partial charge on any atom is 0.235 e. The third-order valence-corrected chi connectivity index (χ3v) is 4.83. The van der Waals surface area contributed by atoms with E-state index in [-0.39, 0.29) is 11.7 Å². The van der Waals surface area contributed by atoms with E-state index in [2.05, 4.69) is 21.2 Å². The molecule has 1 aliphatic carbocycles. The van der Waals surface area contributed by atoms with E-state index in [0.29, 0.717) is 0 Å². The first-order valence-electron chi connectivity index (χ1n) is 6.94. The lowest BCUT2D eigenvalue weighted by Crippen LogP contribution is -2.46. The van der Waals surface area contributed by atoms with Gasteiger partial charge >= 0.3 is 0 Å². The van der Waals surface area contributed by atoms with E-state index in [4.69, 9.17) is 0 Å². The number of anilines is 1. The highest BCUT2D eigenvalue weighted by Gasteiger charge is 2.45. The summed E-state index contributed by atoms with van der Waals surface area (Å²) in [5.74, 6) is -0.362. The number of nitrogens with one attached hydrogen (secondary N) is 1. The van der Waals surface area contributed by atoms with Gasteiger partial charge in [0.2, 0.25) is 5.91 Å². The Balaban J connectivity index is 1.90. The van der Waals surface area contributed by atoms with Gasteiger partial charge in [0, 0.05) is 4.47 Å². The Morgan fingerprint density at radius 3 is 2.52 bits per heavy atom. The second kappa shape index (κ2) is 5.60. The second-order valence-electron chi connectivity index (χ2n) is 5.38. The molecule has 0 aliphatic heterocycles. The Labute approximate surface area is 131 Å². The van der Waals surface area contributed by atoms with Gasteiger partial charge in [-0.05, 0) is 58.6 Å². The molecule has 0 atom stereocenters. The number of hydrogen-bond acceptors (Lipinski definition) is 1. The Morgan fingerprint density at radius 2 is 1.90 bits per heavy atom. The predicted octanol–water partition coefficient (Wildman–Crippen LogP) is 4.65. The smallest absolute Gasteiger partial charge is 0.235 e. The largest absolute Gasteiger partial charge is 0.324 e. The summed E-state index contributed by atoms with van der Waals surface area (Å²) in [4.78, 5) is 12.7. The predicted molar refractivity (Wildman–Crippen MR) is 84.7 cm³/mol. The van der Waals surface area contributed by atoms with Gasteiger partial charge in [0.1, 0.15) is 5.82 Å². The SMILES string of the molecule is O=C(Nc1ccccc1Br)C1(c2cccc(F)c2)CCC1. The van der Waals surface area contributed by atoms with E-state index in [0.717, 1.165) is 35.0 Å². The summed E-state index contributed by atoms with van der Waals surface area (Å²) >= 11 is 3.42. The fraction of sp³-hybridized carbons (Fsp3) is 0.235. The van der Waals surface area contributed by atoms with Crippen LogP contribution < -0.4 is 5.32 Å². The summed E-state index contributed by atoms with van der Waals surface area (Å²) in [7, 11) is 0. The molecular weight excluding hydrogens is 333 g/mol. The Morgan fingerprint density at radius 1 is 1.14 bits per heavy atom. The van der Waals surface area contributed by atoms with Crippen LogP contribution in [0.25, 0.3) is 0 Å². The minimum Gasteiger partial charge on any atom is -0.324 e. The van der Waals surface area contributed by atoms with Crippen molar-refractivity contribution in [3.8, 4) is 0 Å². The first kappa shape index (κ1) is 14.3. The molecule has 4 heteroatoms. The minimum absolute atomic E-state index is 0.0637. The van der Waals surface area contributed by atoms with Gasteiger partial charge in [-0.1, -0.05) is 30.7 Å². The normalized spacial score (nSPS) is 16.1. The summed E-state index contributed by atoms with van der Waals surface area (Å²) in [6.45, 7) is 0. The molecule has 2 nitrogen and oxygen atoms in total. The number of amides is 1. The number of halogens is 2. The standard InChI is InChI=1S/C17H15BrFNO/c18-14-7-1-2-8-15(14)20-16(21)17(9-4-10-17)12-5-3-6-13(19)11-12/h1-3,5-8,11H,4,9-10H2,(H,20,21). The van der Waals surface area contributed by atoms with Crippen LogP contribution in [-0.2, 0) is 10.2 Å². The number of benzene rings is 2. The van der Waals surface area contributed by atoms with Gasteiger partial charge in [-0.15, -0.1) is 0 Å². The Kier molecular flexibility index (Phi) is 3.81. The van der Waals surface area contributed by atoms with Crippen molar-refractivity contribution in [2.24, 2.45) is 0 Å². The molecule has 0 saturated heterocycles. The molecule has 108 valence electrons. The molecule has 2 aromatic rings. The molecule has 0 heterocycles. The van der Waals surface area contributed by atoms with Gasteiger partial charge in [-0.25, -0.2) is 4.39 Å². The molecule has 2 aromatic carbocycles. The molecule has 3 rings (SSSR count). The van der Waals surface area contributed by atoms with Gasteiger partial charge in [0.15, 0.2) is 0 Å². The van der Waals surface area contributed by atoms with Crippen LogP contribution in [0.3, 0.4) is 0 Å². The van der Waals surface area contributed by atoms with Gasteiger partial charge in [0.05, 0.1) is 11.1 Å². The van der Waals surface area contributed by atoms with E-state index < -0.39 is 5.41 Å². The van der Waals surface area contributed by atoms with Crippen LogP contribution in [-0.4, -0.2) is 5.91 Å². The molecule has 0 radical (unpaired) electrons. The lowest BCUT2D eigenvalue weighted by Gasteiger charge is -2.40. The first-order chi connectivity index (χ1) is 10.1. The zero-order chi connectivity index (χ0) is 14.9. The zero-order valence-corrected chi connectivity index (χ0v) is 13.0. The van der Waals surface area contributed by atoms with Crippen molar-refractivity contribution in [3.63, 3.8) is 0 Å². The molecule has 1 N–H and O–H groups in total. The van der Waals surface area contributed by atoms with Crippen LogP contribution >= 0.6 is 15.9 Å². The summed E-state index contributed by atoms with van der Waals surface area (Å²) in [6, 6.07) is 13.9. The Bertz CT molecular complexity index is 682. The van der Waals surface area contributed by atoms with E-state index in [9.17, 15) is 9.18 Å². The van der Waals surface area contributed by atoms with Crippen LogP contribution in [0.4, 0.5) is 10.1 Å². The molecule has 0 bridgehead atoms. The molecule has 0 unspecified atom stereocenters. The lowest BCUT2D eigenvalue weighted by atomic mass is 9.63. The highest BCUT2D eigenvalue weighted by Crippen LogP contribution is 2.45. The fourth-order valence-corrected chi connectivity index (χ4v) is 3.15. The van der Waals surface area contributed by atoms with E-state index in [1.807, 2.05) is 30.3 Å². The van der Waals surface area contributed by atoms with Crippen LogP contribution in [0, 0.1) is 5.82 Å². The summed E-state index contributed by atoms with van der Waals surface area (Å²) in [5.41, 5.74) is 0.903. The number of carbonyl (C=O) groups is 1. The monoisotopic (exact) mass is 347 g/mol. The number of hydrogen-bond donors (Lipinski definition) is 1. The average molecular weight is 348 g/mol. The molecule has 1 amide bonds. The minimum atomic E-state index is -0.600. The maximum absolute atomic E-state index is 13.5. The van der Waals surface area contributed by atoms with Crippen molar-refractivity contribution in [2.75, 3.05) is 5.32 Å². The van der Waals surface area contributed by atoms with Crippen molar-refractivity contribution in [1.29, 1.82) is 0 Å². The third-order valence-electron chi connectivity index (χ3n) is 4.14. The molecule has 21 heavy (non-hydrogen) atoms. The molecule has 0 spiro atoms. The van der Waals surface area contributed by atoms with E-state index in [1.54, 1.807) is 6.07 Å². The van der Waals surface area contributed by atoms with Crippen molar-refractivity contribution in [3.05, 3.63) is 64.4 Å². The molecule has 1 fully saturated rings. The molecular formula is C17H15BrFNO. The van der Waals surface area contributed by atoms with Crippen molar-refractivity contribution in [1.82, 2.24) is 0 Å². The zero-order valence-electron chi connectivity index (χ0n) is 11.4. The van der Waals surface area contributed by atoms with Gasteiger partial charge < -0.3 is 5.32 Å². The number of para-hydroxylation sites is 1. The lowest BCUT2D eigenvalue weighted by molar-refractivity contribution is -0.124. The molecule has 0 aromatic heterocycles. The van der Waals surface area contributed by atoms with Gasteiger partial charge in [-0.3, -0.25) is 4.79 Å². The fourth-order valence-electron chi connectivity index (χ4n) is 2.77. The quantitative estimate of drug-likeness (QED) is 0.860. The Hall–Kier alpha value is -1.68. The average Bonchev–Trinajstić information content (AvgIpc) is 2.40. The number of rotatable bonds is 3. The highest BCUT2D eigenvalue weighted by atomic mass is 79.9. The maximum atomic E-state index is 13.5. The van der Waals surface area contributed by atoms with Crippen molar-refractivity contribution in [2.45, 2.75) is 24.7 Å². The van der Waals surface area contributed by atoms with Crippen LogP contribution in [0.15, 0.2) is 53.0 Å². The summed E-state index contributed by atoms with van der Waals surface area (Å²) < 4.78 is 14.3. The summed E-state index contributed by atoms with van der Waals surface area (Å²) in [6.07, 6.45) is 2.50. The summed E-state index contributed by atoms with van der Waals surface area (Å²) in [5, 5.41) is 2.96. The third kappa shape index (κ3) is 2.60. The molecule has 1 saturated carbocycles. The van der Waals surface area contributed by atoms with E-state index in [1.165, 1.54) is 12.1 Å². The van der Waals surface area contributed by atoms with Crippen LogP contribution in [0.2, 0.25) is 0 Å². The number of carbonyl (C=O) groups excluding carboxylic acids is 1. The van der Waals surface area contributed by atoms with Crippen molar-refractivity contribution >= 4 is 27.5 Å². The second-order valence-corrected chi connectivity index (χ2v) is 6.23. The van der Waals surface area contributed by atoms with E-state index >= 15 is 0 Å². The van der Waals surface area contributed by atoms with Crippen LogP contribution in [0.5, 0.6) is 0 Å². The highest BCUT2D eigenvalue weighted by molar-refractivity contribution is 9.10. The van der Waals surface area contributed by atoms with Gasteiger partial charge in [-0.2, -0.15) is 0 Å². The van der Waals surface area contributed by atoms with Gasteiger partial charge in [0.25, 0.3) is 0 Å². The first-order valence-corrected chi connectivity index (χ1v) is 7.73.